The van der Waals surface area contributed by atoms with Gasteiger partial charge in [-0.25, -0.2) is 5.43 Å². The van der Waals surface area contributed by atoms with Gasteiger partial charge >= 0.3 is 0 Å². The molecule has 0 bridgehead atoms. The summed E-state index contributed by atoms with van der Waals surface area (Å²) in [6.45, 7) is 2.47. The van der Waals surface area contributed by atoms with Gasteiger partial charge in [0.2, 0.25) is 6.10 Å². The Morgan fingerprint density at radius 3 is 2.92 bits per heavy atom. The van der Waals surface area contributed by atoms with Crippen molar-refractivity contribution in [1.29, 1.82) is 0 Å². The number of nitrogens with one attached hydrogen (secondary N) is 1. The number of nitrogens with zero attached hydrogens (tertiary/aromatic N) is 1. The van der Waals surface area contributed by atoms with Crippen LogP contribution in [0.4, 0.5) is 0 Å². The fraction of sp³-hybridized carbons (Fsp3) is 0.222. The van der Waals surface area contributed by atoms with E-state index in [0.29, 0.717) is 29.4 Å². The lowest BCUT2D eigenvalue weighted by molar-refractivity contribution is -0.130. The van der Waals surface area contributed by atoms with Gasteiger partial charge in [0.1, 0.15) is 18.1 Å². The minimum absolute atomic E-state index is 0.00938. The van der Waals surface area contributed by atoms with Crippen molar-refractivity contribution in [3.8, 4) is 23.0 Å². The first kappa shape index (κ1) is 16.6. The maximum Gasteiger partial charge on any atom is 0.284 e. The second kappa shape index (κ2) is 7.57. The molecule has 0 aliphatic carbocycles. The number of amides is 1. The van der Waals surface area contributed by atoms with Gasteiger partial charge < -0.3 is 19.3 Å². The van der Waals surface area contributed by atoms with Gasteiger partial charge in [0.05, 0.1) is 12.8 Å². The molecule has 7 nitrogen and oxygen atoms in total. The van der Waals surface area contributed by atoms with E-state index in [0.717, 1.165) is 0 Å². The molecule has 2 aromatic rings. The Balaban J connectivity index is 1.58. The third-order valence-corrected chi connectivity index (χ3v) is 3.49. The van der Waals surface area contributed by atoms with Crippen molar-refractivity contribution in [2.24, 2.45) is 5.10 Å². The molecule has 0 aromatic heterocycles. The molecule has 25 heavy (non-hydrogen) atoms. The number of hydrogen-bond donors (Lipinski definition) is 2. The Morgan fingerprint density at radius 1 is 1.36 bits per heavy atom. The van der Waals surface area contributed by atoms with Crippen molar-refractivity contribution >= 4 is 12.1 Å². The Labute approximate surface area is 144 Å². The van der Waals surface area contributed by atoms with Crippen molar-refractivity contribution in [2.45, 2.75) is 13.0 Å². The van der Waals surface area contributed by atoms with Crippen molar-refractivity contribution in [3.63, 3.8) is 0 Å². The van der Waals surface area contributed by atoms with Crippen LogP contribution in [0.3, 0.4) is 0 Å². The minimum atomic E-state index is -0.791. The maximum absolute atomic E-state index is 12.1. The standard InChI is InChI=1S/C18H18N2O5/c1-2-23-13-8-7-12(14(21)9-13)10-19-20-18(22)17-11-24-15-5-3-4-6-16(15)25-17/h3-10,17,21H,2,11H2,1H3,(H,20,22). The first-order valence-electron chi connectivity index (χ1n) is 7.84. The number of para-hydroxylation sites is 2. The van der Waals surface area contributed by atoms with Crippen molar-refractivity contribution < 1.29 is 24.1 Å². The molecule has 1 heterocycles. The van der Waals surface area contributed by atoms with Crippen LogP contribution < -0.4 is 19.6 Å². The highest BCUT2D eigenvalue weighted by Crippen LogP contribution is 2.30. The summed E-state index contributed by atoms with van der Waals surface area (Å²) in [5, 5.41) is 13.8. The van der Waals surface area contributed by atoms with E-state index in [2.05, 4.69) is 10.5 Å². The molecule has 0 fully saturated rings. The smallest absolute Gasteiger partial charge is 0.284 e. The van der Waals surface area contributed by atoms with Crippen molar-refractivity contribution in [2.75, 3.05) is 13.2 Å². The van der Waals surface area contributed by atoms with Crippen LogP contribution in [0.15, 0.2) is 47.6 Å². The van der Waals surface area contributed by atoms with E-state index in [1.54, 1.807) is 30.3 Å². The summed E-state index contributed by atoms with van der Waals surface area (Å²) in [4.78, 5) is 12.1. The molecule has 1 amide bonds. The number of carbonyl (C=O) groups excluding carboxylic acids is 1. The average molecular weight is 342 g/mol. The second-order valence-electron chi connectivity index (χ2n) is 5.25. The van der Waals surface area contributed by atoms with Crippen LogP contribution in [-0.2, 0) is 4.79 Å². The number of fused-ring (bicyclic) bond motifs is 1. The third kappa shape index (κ3) is 4.00. The summed E-state index contributed by atoms with van der Waals surface area (Å²) in [5.74, 6) is 1.26. The quantitative estimate of drug-likeness (QED) is 0.641. The molecule has 7 heteroatoms. The van der Waals surface area contributed by atoms with Gasteiger partial charge in [-0.05, 0) is 31.2 Å². The summed E-state index contributed by atoms with van der Waals surface area (Å²) in [5.41, 5.74) is 2.84. The lowest BCUT2D eigenvalue weighted by Gasteiger charge is -2.24. The highest BCUT2D eigenvalue weighted by Gasteiger charge is 2.26. The number of rotatable bonds is 5. The number of hydrogen-bond acceptors (Lipinski definition) is 6. The van der Waals surface area contributed by atoms with Crippen LogP contribution in [0.1, 0.15) is 12.5 Å². The fourth-order valence-corrected chi connectivity index (χ4v) is 2.28. The summed E-state index contributed by atoms with van der Waals surface area (Å²) in [7, 11) is 0. The number of benzene rings is 2. The predicted molar refractivity (Wildman–Crippen MR) is 91.4 cm³/mol. The van der Waals surface area contributed by atoms with E-state index in [1.807, 2.05) is 13.0 Å². The fourth-order valence-electron chi connectivity index (χ4n) is 2.28. The summed E-state index contributed by atoms with van der Waals surface area (Å²) in [6.07, 6.45) is 0.557. The van der Waals surface area contributed by atoms with E-state index in [4.69, 9.17) is 14.2 Å². The van der Waals surface area contributed by atoms with Crippen LogP contribution in [0, 0.1) is 0 Å². The number of phenols is 1. The van der Waals surface area contributed by atoms with Crippen LogP contribution >= 0.6 is 0 Å². The van der Waals surface area contributed by atoms with Gasteiger partial charge in [-0.3, -0.25) is 4.79 Å². The lowest BCUT2D eigenvalue weighted by atomic mass is 10.2. The van der Waals surface area contributed by atoms with Crippen molar-refractivity contribution in [1.82, 2.24) is 5.43 Å². The average Bonchev–Trinajstić information content (AvgIpc) is 2.63. The SMILES string of the molecule is CCOc1ccc(C=NNC(=O)C2COc3ccccc3O2)c(O)c1. The Hall–Kier alpha value is -3.22. The summed E-state index contributed by atoms with van der Waals surface area (Å²) < 4.78 is 16.4. The molecular formula is C18H18N2O5. The first-order chi connectivity index (χ1) is 12.2. The molecule has 1 unspecified atom stereocenters. The van der Waals surface area contributed by atoms with Gasteiger partial charge in [0.15, 0.2) is 11.5 Å². The molecule has 3 rings (SSSR count). The Morgan fingerprint density at radius 2 is 2.16 bits per heavy atom. The zero-order valence-corrected chi connectivity index (χ0v) is 13.6. The molecule has 1 aliphatic heterocycles. The molecule has 2 aromatic carbocycles. The van der Waals surface area contributed by atoms with E-state index in [9.17, 15) is 9.90 Å². The van der Waals surface area contributed by atoms with E-state index in [1.165, 1.54) is 12.3 Å². The molecule has 0 spiro atoms. The topological polar surface area (TPSA) is 89.4 Å². The number of aromatic hydroxyl groups is 1. The van der Waals surface area contributed by atoms with Gasteiger partial charge in [0.25, 0.3) is 5.91 Å². The van der Waals surface area contributed by atoms with Crippen molar-refractivity contribution in [3.05, 3.63) is 48.0 Å². The zero-order valence-electron chi connectivity index (χ0n) is 13.6. The maximum atomic E-state index is 12.1. The minimum Gasteiger partial charge on any atom is -0.507 e. The molecule has 2 N–H and O–H groups in total. The zero-order chi connectivity index (χ0) is 17.6. The van der Waals surface area contributed by atoms with Gasteiger partial charge in [-0.2, -0.15) is 5.10 Å². The van der Waals surface area contributed by atoms with E-state index >= 15 is 0 Å². The lowest BCUT2D eigenvalue weighted by Crippen LogP contribution is -2.42. The van der Waals surface area contributed by atoms with E-state index < -0.39 is 12.0 Å². The normalized spacial score (nSPS) is 15.8. The Kier molecular flexibility index (Phi) is 5.03. The third-order valence-electron chi connectivity index (χ3n) is 3.49. The van der Waals surface area contributed by atoms with Gasteiger partial charge in [0, 0.05) is 11.6 Å². The van der Waals surface area contributed by atoms with Crippen LogP contribution in [0.2, 0.25) is 0 Å². The molecule has 1 aliphatic rings. The monoisotopic (exact) mass is 342 g/mol. The molecule has 0 radical (unpaired) electrons. The second-order valence-corrected chi connectivity index (χ2v) is 5.25. The summed E-state index contributed by atoms with van der Waals surface area (Å²) >= 11 is 0. The first-order valence-corrected chi connectivity index (χ1v) is 7.84. The Bertz CT molecular complexity index is 791. The predicted octanol–water partition coefficient (Wildman–Crippen LogP) is 2.08. The molecule has 0 saturated heterocycles. The van der Waals surface area contributed by atoms with Gasteiger partial charge in [-0.15, -0.1) is 0 Å². The van der Waals surface area contributed by atoms with Gasteiger partial charge in [-0.1, -0.05) is 12.1 Å². The molecule has 130 valence electrons. The van der Waals surface area contributed by atoms with E-state index in [-0.39, 0.29) is 12.4 Å². The number of ether oxygens (including phenoxy) is 3. The molecule has 1 atom stereocenters. The van der Waals surface area contributed by atoms with Crippen LogP contribution in [0.25, 0.3) is 0 Å². The highest BCUT2D eigenvalue weighted by molar-refractivity contribution is 5.86. The molecular weight excluding hydrogens is 324 g/mol. The largest absolute Gasteiger partial charge is 0.507 e. The number of carbonyl (C=O) groups is 1. The molecule has 0 saturated carbocycles. The number of phenolic OH excluding ortho intramolecular Hbond substituents is 1. The highest BCUT2D eigenvalue weighted by atomic mass is 16.6. The summed E-state index contributed by atoms with van der Waals surface area (Å²) in [6, 6.07) is 12.0. The number of hydrazone groups is 1. The van der Waals surface area contributed by atoms with Crippen LogP contribution in [-0.4, -0.2) is 36.5 Å². The van der Waals surface area contributed by atoms with Crippen LogP contribution in [0.5, 0.6) is 23.0 Å².